The quantitative estimate of drug-likeness (QED) is 0.832. The summed E-state index contributed by atoms with van der Waals surface area (Å²) in [5, 5.41) is 0. The summed E-state index contributed by atoms with van der Waals surface area (Å²) >= 11 is 0. The van der Waals surface area contributed by atoms with Crippen LogP contribution in [0.1, 0.15) is 13.8 Å². The number of aromatic nitrogens is 2. The second kappa shape index (κ2) is 5.77. The van der Waals surface area contributed by atoms with Gasteiger partial charge in [-0.15, -0.1) is 0 Å². The first-order valence-electron chi connectivity index (χ1n) is 5.65. The van der Waals surface area contributed by atoms with Gasteiger partial charge in [0.2, 0.25) is 5.95 Å². The smallest absolute Gasteiger partial charge is 0.222 e. The van der Waals surface area contributed by atoms with Gasteiger partial charge in [0.05, 0.1) is 6.20 Å². The fourth-order valence-corrected chi connectivity index (χ4v) is 1.87. The number of nitrogens with zero attached hydrogens (tertiary/aromatic N) is 4. The number of hydrogen-bond donors (Lipinski definition) is 1. The summed E-state index contributed by atoms with van der Waals surface area (Å²) in [6.45, 7) is 5.48. The van der Waals surface area contributed by atoms with Crippen molar-refractivity contribution >= 4 is 11.8 Å². The Morgan fingerprint density at radius 3 is 2.65 bits per heavy atom. The van der Waals surface area contributed by atoms with E-state index in [-0.39, 0.29) is 17.8 Å². The Morgan fingerprint density at radius 2 is 2.12 bits per heavy atom. The first-order valence-corrected chi connectivity index (χ1v) is 5.65. The van der Waals surface area contributed by atoms with Crippen LogP contribution in [0.4, 0.5) is 16.2 Å². The summed E-state index contributed by atoms with van der Waals surface area (Å²) in [5.74, 6) is -0.0714. The Hall–Kier alpha value is -1.43. The Kier molecular flexibility index (Phi) is 4.62. The van der Waals surface area contributed by atoms with Crippen LogP contribution in [0.5, 0.6) is 0 Å². The molecule has 0 aliphatic rings. The molecule has 0 aromatic carbocycles. The molecule has 1 rings (SSSR count). The van der Waals surface area contributed by atoms with Crippen molar-refractivity contribution in [2.45, 2.75) is 19.9 Å². The lowest BCUT2D eigenvalue weighted by atomic mass is 10.2. The molecular formula is C11H20FN5. The molecule has 1 atom stereocenters. The molecule has 5 nitrogen and oxygen atoms in total. The molecule has 0 saturated carbocycles. The highest BCUT2D eigenvalue weighted by molar-refractivity contribution is 5.43. The van der Waals surface area contributed by atoms with Crippen molar-refractivity contribution < 1.29 is 4.39 Å². The van der Waals surface area contributed by atoms with E-state index < -0.39 is 5.82 Å². The van der Waals surface area contributed by atoms with Crippen LogP contribution in [0.2, 0.25) is 0 Å². The third-order valence-electron chi connectivity index (χ3n) is 2.52. The van der Waals surface area contributed by atoms with E-state index in [2.05, 4.69) is 14.9 Å². The van der Waals surface area contributed by atoms with Crippen LogP contribution in [0.25, 0.3) is 0 Å². The van der Waals surface area contributed by atoms with Gasteiger partial charge in [-0.3, -0.25) is 0 Å². The van der Waals surface area contributed by atoms with E-state index in [1.54, 1.807) is 0 Å². The van der Waals surface area contributed by atoms with Gasteiger partial charge in [0.15, 0.2) is 11.6 Å². The van der Waals surface area contributed by atoms with Gasteiger partial charge in [0.25, 0.3) is 0 Å². The van der Waals surface area contributed by atoms with Crippen molar-refractivity contribution in [3.05, 3.63) is 12.0 Å². The summed E-state index contributed by atoms with van der Waals surface area (Å²) in [5.41, 5.74) is 5.50. The third kappa shape index (κ3) is 3.52. The first-order chi connectivity index (χ1) is 7.95. The number of halogens is 1. The number of nitrogen functional groups attached to an aromatic ring is 1. The maximum Gasteiger partial charge on any atom is 0.222 e. The molecule has 0 radical (unpaired) electrons. The molecule has 0 bridgehead atoms. The van der Waals surface area contributed by atoms with Gasteiger partial charge in [-0.2, -0.15) is 4.98 Å². The molecule has 0 amide bonds. The predicted octanol–water partition coefficient (Wildman–Crippen LogP) is 0.974. The van der Waals surface area contributed by atoms with Crippen LogP contribution in [0.3, 0.4) is 0 Å². The summed E-state index contributed by atoms with van der Waals surface area (Å²) in [7, 11) is 3.96. The molecule has 0 aliphatic carbocycles. The third-order valence-corrected chi connectivity index (χ3v) is 2.52. The van der Waals surface area contributed by atoms with Crippen LogP contribution in [0.15, 0.2) is 6.20 Å². The average molecular weight is 241 g/mol. The van der Waals surface area contributed by atoms with Crippen molar-refractivity contribution in [2.75, 3.05) is 37.8 Å². The monoisotopic (exact) mass is 241 g/mol. The predicted molar refractivity (Wildman–Crippen MR) is 67.4 cm³/mol. The van der Waals surface area contributed by atoms with E-state index in [1.807, 2.05) is 32.8 Å². The molecule has 1 aromatic rings. The Balaban J connectivity index is 2.96. The average Bonchev–Trinajstić information content (AvgIpc) is 2.23. The van der Waals surface area contributed by atoms with E-state index in [4.69, 9.17) is 5.73 Å². The molecule has 1 aromatic heterocycles. The second-order valence-electron chi connectivity index (χ2n) is 4.30. The molecule has 0 aliphatic heterocycles. The van der Waals surface area contributed by atoms with Crippen molar-refractivity contribution in [1.82, 2.24) is 14.9 Å². The highest BCUT2D eigenvalue weighted by Gasteiger charge is 2.19. The maximum atomic E-state index is 13.7. The Morgan fingerprint density at radius 1 is 1.47 bits per heavy atom. The summed E-state index contributed by atoms with van der Waals surface area (Å²) in [4.78, 5) is 11.5. The zero-order valence-corrected chi connectivity index (χ0v) is 10.8. The van der Waals surface area contributed by atoms with Gasteiger partial charge in [-0.1, -0.05) is 0 Å². The number of nitrogens with two attached hydrogens (primary N) is 1. The number of anilines is 2. The van der Waals surface area contributed by atoms with E-state index in [0.29, 0.717) is 6.54 Å². The van der Waals surface area contributed by atoms with E-state index >= 15 is 0 Å². The first kappa shape index (κ1) is 13.6. The Labute approximate surface area is 101 Å². The van der Waals surface area contributed by atoms with Crippen LogP contribution in [-0.4, -0.2) is 48.1 Å². The molecule has 0 spiro atoms. The van der Waals surface area contributed by atoms with Crippen molar-refractivity contribution in [1.29, 1.82) is 0 Å². The molecule has 17 heavy (non-hydrogen) atoms. The van der Waals surface area contributed by atoms with Crippen molar-refractivity contribution in [2.24, 2.45) is 0 Å². The lowest BCUT2D eigenvalue weighted by Crippen LogP contribution is -2.41. The molecule has 6 heteroatoms. The molecule has 0 saturated heterocycles. The normalized spacial score (nSPS) is 12.8. The Bertz CT molecular complexity index is 369. The minimum atomic E-state index is -0.438. The zero-order valence-electron chi connectivity index (χ0n) is 10.8. The summed E-state index contributed by atoms with van der Waals surface area (Å²) in [6, 6.07) is 0.152. The van der Waals surface area contributed by atoms with Gasteiger partial charge < -0.3 is 15.5 Å². The molecule has 1 heterocycles. The van der Waals surface area contributed by atoms with Crippen LogP contribution in [0, 0.1) is 5.82 Å². The number of likely N-dealkylation sites (N-methyl/N-ethyl adjacent to an activating group) is 2. The summed E-state index contributed by atoms with van der Waals surface area (Å²) in [6.07, 6.45) is 1.11. The second-order valence-corrected chi connectivity index (χ2v) is 4.30. The summed E-state index contributed by atoms with van der Waals surface area (Å²) < 4.78 is 13.7. The molecule has 96 valence electrons. The topological polar surface area (TPSA) is 58.3 Å². The van der Waals surface area contributed by atoms with Crippen molar-refractivity contribution in [3.63, 3.8) is 0 Å². The SMILES string of the molecule is CCN(c1nc(N)ncc1F)C(C)CN(C)C. The highest BCUT2D eigenvalue weighted by atomic mass is 19.1. The lowest BCUT2D eigenvalue weighted by molar-refractivity contribution is 0.370. The standard InChI is InChI=1S/C11H20FN5/c1-5-17(8(2)7-16(3)4)10-9(12)6-14-11(13)15-10/h6,8H,5,7H2,1-4H3,(H2,13,14,15). The van der Waals surface area contributed by atoms with E-state index in [9.17, 15) is 4.39 Å². The van der Waals surface area contributed by atoms with Gasteiger partial charge in [0, 0.05) is 19.1 Å². The van der Waals surface area contributed by atoms with Gasteiger partial charge in [-0.25, -0.2) is 9.37 Å². The van der Waals surface area contributed by atoms with Crippen LogP contribution >= 0.6 is 0 Å². The van der Waals surface area contributed by atoms with E-state index in [1.165, 1.54) is 0 Å². The fraction of sp³-hybridized carbons (Fsp3) is 0.636. The van der Waals surface area contributed by atoms with Crippen LogP contribution in [-0.2, 0) is 0 Å². The molecule has 0 fully saturated rings. The zero-order chi connectivity index (χ0) is 13.0. The van der Waals surface area contributed by atoms with Gasteiger partial charge in [0.1, 0.15) is 0 Å². The molecule has 2 N–H and O–H groups in total. The fourth-order valence-electron chi connectivity index (χ4n) is 1.87. The minimum Gasteiger partial charge on any atom is -0.368 e. The lowest BCUT2D eigenvalue weighted by Gasteiger charge is -2.31. The largest absolute Gasteiger partial charge is 0.368 e. The number of rotatable bonds is 5. The minimum absolute atomic E-state index is 0.0944. The highest BCUT2D eigenvalue weighted by Crippen LogP contribution is 2.18. The van der Waals surface area contributed by atoms with Gasteiger partial charge in [-0.05, 0) is 27.9 Å². The molecular weight excluding hydrogens is 221 g/mol. The number of hydrogen-bond acceptors (Lipinski definition) is 5. The van der Waals surface area contributed by atoms with Crippen LogP contribution < -0.4 is 10.6 Å². The van der Waals surface area contributed by atoms with Gasteiger partial charge >= 0.3 is 0 Å². The molecule has 1 unspecified atom stereocenters. The van der Waals surface area contributed by atoms with Crippen molar-refractivity contribution in [3.8, 4) is 0 Å². The maximum absolute atomic E-state index is 13.7. The van der Waals surface area contributed by atoms with E-state index in [0.717, 1.165) is 12.7 Å².